The van der Waals surface area contributed by atoms with E-state index < -0.39 is 28.9 Å². The summed E-state index contributed by atoms with van der Waals surface area (Å²) in [5.41, 5.74) is 4.99. The van der Waals surface area contributed by atoms with Gasteiger partial charge in [-0.3, -0.25) is 4.79 Å². The Balaban J connectivity index is 2.33. The van der Waals surface area contributed by atoms with E-state index in [1.165, 1.54) is 18.2 Å². The highest BCUT2D eigenvalue weighted by Gasteiger charge is 2.19. The Morgan fingerprint density at radius 3 is 2.25 bits per heavy atom. The summed E-state index contributed by atoms with van der Waals surface area (Å²) in [6.45, 7) is 0. The molecule has 0 unspecified atom stereocenters. The average Bonchev–Trinajstić information content (AvgIpc) is 2.31. The fraction of sp³-hybridized carbons (Fsp3) is 0. The van der Waals surface area contributed by atoms with Crippen LogP contribution in [0.2, 0.25) is 5.02 Å². The third-order valence-corrected chi connectivity index (χ3v) is 2.73. The van der Waals surface area contributed by atoms with Gasteiger partial charge in [-0.15, -0.1) is 0 Å². The molecule has 3 N–H and O–H groups in total. The number of benzene rings is 2. The number of nitrogens with one attached hydrogen (secondary N) is 1. The second-order valence-corrected chi connectivity index (χ2v) is 4.37. The molecule has 0 aromatic heterocycles. The molecule has 104 valence electrons. The molecule has 2 rings (SSSR count). The minimum Gasteiger partial charge on any atom is -0.397 e. The number of halogens is 4. The van der Waals surface area contributed by atoms with Crippen LogP contribution in [0.25, 0.3) is 0 Å². The molecular formula is C13H8ClF3N2O. The maximum atomic E-state index is 13.4. The number of hydrogen-bond acceptors (Lipinski definition) is 2. The van der Waals surface area contributed by atoms with Gasteiger partial charge in [0.1, 0.15) is 23.0 Å². The lowest BCUT2D eigenvalue weighted by Gasteiger charge is -2.09. The third-order valence-electron chi connectivity index (χ3n) is 2.50. The lowest BCUT2D eigenvalue weighted by atomic mass is 10.1. The van der Waals surface area contributed by atoms with Gasteiger partial charge in [0.15, 0.2) is 0 Å². The standard InChI is InChI=1S/C13H8ClF3N2O/c14-6-1-2-11(10(18)3-6)19-13(20)12-8(16)4-7(15)5-9(12)17/h1-5H,18H2,(H,19,20). The highest BCUT2D eigenvalue weighted by Crippen LogP contribution is 2.24. The summed E-state index contributed by atoms with van der Waals surface area (Å²) in [5, 5.41) is 2.58. The van der Waals surface area contributed by atoms with Crippen molar-refractivity contribution < 1.29 is 18.0 Å². The van der Waals surface area contributed by atoms with Crippen molar-refractivity contribution in [1.82, 2.24) is 0 Å². The summed E-state index contributed by atoms with van der Waals surface area (Å²) in [7, 11) is 0. The first-order valence-corrected chi connectivity index (χ1v) is 5.77. The molecule has 20 heavy (non-hydrogen) atoms. The van der Waals surface area contributed by atoms with Crippen molar-refractivity contribution in [2.24, 2.45) is 0 Å². The number of carbonyl (C=O) groups is 1. The van der Waals surface area contributed by atoms with Gasteiger partial charge in [-0.2, -0.15) is 0 Å². The van der Waals surface area contributed by atoms with Crippen LogP contribution in [0.3, 0.4) is 0 Å². The van der Waals surface area contributed by atoms with Crippen molar-refractivity contribution in [3.8, 4) is 0 Å². The summed E-state index contributed by atoms with van der Waals surface area (Å²) in [6.07, 6.45) is 0. The smallest absolute Gasteiger partial charge is 0.261 e. The molecule has 3 nitrogen and oxygen atoms in total. The van der Waals surface area contributed by atoms with Crippen LogP contribution in [-0.2, 0) is 0 Å². The highest BCUT2D eigenvalue weighted by molar-refractivity contribution is 6.31. The van der Waals surface area contributed by atoms with E-state index in [4.69, 9.17) is 17.3 Å². The molecule has 0 radical (unpaired) electrons. The Labute approximate surface area is 117 Å². The van der Waals surface area contributed by atoms with Crippen LogP contribution in [0.15, 0.2) is 30.3 Å². The number of rotatable bonds is 2. The lowest BCUT2D eigenvalue weighted by molar-refractivity contribution is 0.101. The fourth-order valence-corrected chi connectivity index (χ4v) is 1.77. The van der Waals surface area contributed by atoms with Crippen molar-refractivity contribution in [3.05, 3.63) is 58.4 Å². The zero-order valence-electron chi connectivity index (χ0n) is 9.88. The van der Waals surface area contributed by atoms with Gasteiger partial charge in [-0.05, 0) is 18.2 Å². The van der Waals surface area contributed by atoms with E-state index in [1.807, 2.05) is 0 Å². The van der Waals surface area contributed by atoms with E-state index in [-0.39, 0.29) is 11.4 Å². The van der Waals surface area contributed by atoms with Gasteiger partial charge in [-0.1, -0.05) is 11.6 Å². The van der Waals surface area contributed by atoms with Crippen molar-refractivity contribution >= 4 is 28.9 Å². The van der Waals surface area contributed by atoms with E-state index in [1.54, 1.807) is 0 Å². The number of nitrogens with two attached hydrogens (primary N) is 1. The topological polar surface area (TPSA) is 55.1 Å². The number of carbonyl (C=O) groups excluding carboxylic acids is 1. The minimum atomic E-state index is -1.30. The minimum absolute atomic E-state index is 0.133. The second-order valence-electron chi connectivity index (χ2n) is 3.93. The lowest BCUT2D eigenvalue weighted by Crippen LogP contribution is -2.17. The van der Waals surface area contributed by atoms with Gasteiger partial charge in [0.25, 0.3) is 5.91 Å². The van der Waals surface area contributed by atoms with Gasteiger partial charge < -0.3 is 11.1 Å². The molecule has 0 bridgehead atoms. The molecule has 0 atom stereocenters. The molecule has 0 saturated carbocycles. The van der Waals surface area contributed by atoms with Gasteiger partial charge in [-0.25, -0.2) is 13.2 Å². The van der Waals surface area contributed by atoms with E-state index in [9.17, 15) is 18.0 Å². The van der Waals surface area contributed by atoms with Crippen LogP contribution in [-0.4, -0.2) is 5.91 Å². The number of nitrogen functional groups attached to an aromatic ring is 1. The summed E-state index contributed by atoms with van der Waals surface area (Å²) >= 11 is 5.68. The highest BCUT2D eigenvalue weighted by atomic mass is 35.5. The summed E-state index contributed by atoms with van der Waals surface area (Å²) in [5.74, 6) is -4.78. The number of anilines is 2. The molecule has 0 fully saturated rings. The van der Waals surface area contributed by atoms with Crippen LogP contribution in [0.5, 0.6) is 0 Å². The predicted octanol–water partition coefficient (Wildman–Crippen LogP) is 3.59. The van der Waals surface area contributed by atoms with Crippen LogP contribution in [0.1, 0.15) is 10.4 Å². The van der Waals surface area contributed by atoms with Gasteiger partial charge in [0, 0.05) is 17.2 Å². The van der Waals surface area contributed by atoms with E-state index in [0.29, 0.717) is 17.2 Å². The zero-order valence-corrected chi connectivity index (χ0v) is 10.6. The molecule has 1 amide bonds. The molecule has 0 aliphatic rings. The second kappa shape index (κ2) is 5.42. The van der Waals surface area contributed by atoms with Crippen molar-refractivity contribution in [2.75, 3.05) is 11.1 Å². The molecule has 0 heterocycles. The van der Waals surface area contributed by atoms with Crippen LogP contribution in [0.4, 0.5) is 24.5 Å². The maximum Gasteiger partial charge on any atom is 0.261 e. The summed E-state index contributed by atoms with van der Waals surface area (Å²) in [6, 6.07) is 5.04. The van der Waals surface area contributed by atoms with Crippen molar-refractivity contribution in [2.45, 2.75) is 0 Å². The Hall–Kier alpha value is -2.21. The van der Waals surface area contributed by atoms with Crippen LogP contribution < -0.4 is 11.1 Å². The quantitative estimate of drug-likeness (QED) is 0.833. The molecule has 7 heteroatoms. The molecule has 0 saturated heterocycles. The molecule has 0 aliphatic carbocycles. The fourth-order valence-electron chi connectivity index (χ4n) is 1.59. The summed E-state index contributed by atoms with van der Waals surface area (Å²) < 4.78 is 39.6. The third kappa shape index (κ3) is 2.85. The zero-order chi connectivity index (χ0) is 14.9. The first-order chi connectivity index (χ1) is 9.38. The first kappa shape index (κ1) is 14.2. The van der Waals surface area contributed by atoms with Gasteiger partial charge in [0.2, 0.25) is 0 Å². The first-order valence-electron chi connectivity index (χ1n) is 5.39. The van der Waals surface area contributed by atoms with Gasteiger partial charge >= 0.3 is 0 Å². The number of amides is 1. The largest absolute Gasteiger partial charge is 0.397 e. The molecule has 0 spiro atoms. The van der Waals surface area contributed by atoms with Crippen molar-refractivity contribution in [1.29, 1.82) is 0 Å². The van der Waals surface area contributed by atoms with E-state index in [0.717, 1.165) is 0 Å². The maximum absolute atomic E-state index is 13.4. The normalized spacial score (nSPS) is 10.4. The van der Waals surface area contributed by atoms with E-state index >= 15 is 0 Å². The molecule has 2 aromatic rings. The van der Waals surface area contributed by atoms with Gasteiger partial charge in [0.05, 0.1) is 11.4 Å². The Morgan fingerprint density at radius 1 is 1.10 bits per heavy atom. The number of hydrogen-bond donors (Lipinski definition) is 2. The predicted molar refractivity (Wildman–Crippen MR) is 70.1 cm³/mol. The molecule has 0 aliphatic heterocycles. The van der Waals surface area contributed by atoms with Crippen LogP contribution in [0, 0.1) is 17.5 Å². The monoisotopic (exact) mass is 300 g/mol. The van der Waals surface area contributed by atoms with Crippen molar-refractivity contribution in [3.63, 3.8) is 0 Å². The average molecular weight is 301 g/mol. The Morgan fingerprint density at radius 2 is 1.70 bits per heavy atom. The summed E-state index contributed by atoms with van der Waals surface area (Å²) in [4.78, 5) is 11.8. The van der Waals surface area contributed by atoms with E-state index in [2.05, 4.69) is 5.32 Å². The Bertz CT molecular complexity index is 668. The Kier molecular flexibility index (Phi) is 3.85. The molecule has 2 aromatic carbocycles. The SMILES string of the molecule is Nc1cc(Cl)ccc1NC(=O)c1c(F)cc(F)cc1F. The molecular weight excluding hydrogens is 293 g/mol. The van der Waals surface area contributed by atoms with Crippen LogP contribution >= 0.6 is 11.6 Å².